The van der Waals surface area contributed by atoms with E-state index in [1.807, 2.05) is 13.0 Å². The van der Waals surface area contributed by atoms with Gasteiger partial charge in [-0.1, -0.05) is 25.5 Å². The molecule has 0 fully saturated rings. The van der Waals surface area contributed by atoms with Gasteiger partial charge in [0.05, 0.1) is 12.1 Å². The molecule has 6 nitrogen and oxygen atoms in total. The number of primary amides is 1. The first kappa shape index (κ1) is 16.5. The molecule has 0 unspecified atom stereocenters. The van der Waals surface area contributed by atoms with Gasteiger partial charge in [0.15, 0.2) is 6.61 Å². The maximum atomic E-state index is 12.1. The lowest BCUT2D eigenvalue weighted by molar-refractivity contribution is -0.137. The number of carbonyl (C=O) groups is 2. The molecule has 1 aromatic rings. The zero-order valence-electron chi connectivity index (χ0n) is 12.0. The van der Waals surface area contributed by atoms with E-state index in [1.54, 1.807) is 24.3 Å². The van der Waals surface area contributed by atoms with E-state index >= 15 is 0 Å². The summed E-state index contributed by atoms with van der Waals surface area (Å²) in [5.41, 5.74) is 5.50. The van der Waals surface area contributed by atoms with Crippen molar-refractivity contribution in [3.05, 3.63) is 29.8 Å². The molecule has 1 aromatic carbocycles. The van der Waals surface area contributed by atoms with Gasteiger partial charge in [0.25, 0.3) is 5.91 Å². The Labute approximate surface area is 124 Å². The van der Waals surface area contributed by atoms with Crippen LogP contribution in [-0.2, 0) is 9.59 Å². The fourth-order valence-electron chi connectivity index (χ4n) is 1.74. The third-order valence-electron chi connectivity index (χ3n) is 2.84. The minimum Gasteiger partial charge on any atom is -0.482 e. The molecule has 0 aliphatic rings. The van der Waals surface area contributed by atoms with Crippen molar-refractivity contribution in [2.45, 2.75) is 19.8 Å². The quantitative estimate of drug-likeness (QED) is 0.773. The van der Waals surface area contributed by atoms with Gasteiger partial charge in [-0.3, -0.25) is 9.59 Å². The molecule has 0 aromatic heterocycles. The molecule has 0 radical (unpaired) electrons. The molecule has 2 amide bonds. The number of amides is 2. The largest absolute Gasteiger partial charge is 0.482 e. The highest BCUT2D eigenvalue weighted by Gasteiger charge is 2.16. The Morgan fingerprint density at radius 3 is 2.71 bits per heavy atom. The van der Waals surface area contributed by atoms with Crippen LogP contribution < -0.4 is 10.5 Å². The Morgan fingerprint density at radius 1 is 1.38 bits per heavy atom. The second kappa shape index (κ2) is 8.59. The number of nitriles is 1. The van der Waals surface area contributed by atoms with Crippen LogP contribution in [0.5, 0.6) is 5.75 Å². The highest BCUT2D eigenvalue weighted by atomic mass is 16.5. The van der Waals surface area contributed by atoms with Crippen LogP contribution in [0.25, 0.3) is 0 Å². The summed E-state index contributed by atoms with van der Waals surface area (Å²) in [6.45, 7) is 2.10. The van der Waals surface area contributed by atoms with Crippen LogP contribution >= 0.6 is 0 Å². The molecule has 1 rings (SSSR count). The van der Waals surface area contributed by atoms with Gasteiger partial charge in [-0.25, -0.2) is 0 Å². The zero-order valence-corrected chi connectivity index (χ0v) is 12.0. The number of rotatable bonds is 8. The molecular formula is C15H19N3O3. The van der Waals surface area contributed by atoms with E-state index in [1.165, 1.54) is 4.90 Å². The molecule has 0 bridgehead atoms. The molecule has 2 N–H and O–H groups in total. The maximum Gasteiger partial charge on any atom is 0.260 e. The van der Waals surface area contributed by atoms with E-state index in [9.17, 15) is 9.59 Å². The first-order valence-corrected chi connectivity index (χ1v) is 6.76. The van der Waals surface area contributed by atoms with E-state index in [4.69, 9.17) is 15.7 Å². The molecule has 0 spiro atoms. The molecule has 112 valence electrons. The van der Waals surface area contributed by atoms with Crippen molar-refractivity contribution in [3.63, 3.8) is 0 Å². The summed E-state index contributed by atoms with van der Waals surface area (Å²) in [6, 6.07) is 8.66. The Kier molecular flexibility index (Phi) is 6.75. The topological polar surface area (TPSA) is 96.4 Å². The lowest BCUT2D eigenvalue weighted by atomic mass is 10.2. The van der Waals surface area contributed by atoms with E-state index in [2.05, 4.69) is 0 Å². The molecule has 0 aliphatic heterocycles. The van der Waals surface area contributed by atoms with Crippen LogP contribution in [0.4, 0.5) is 0 Å². The summed E-state index contributed by atoms with van der Waals surface area (Å²) in [4.78, 5) is 24.4. The third-order valence-corrected chi connectivity index (χ3v) is 2.84. The van der Waals surface area contributed by atoms with Crippen molar-refractivity contribution in [2.75, 3.05) is 19.7 Å². The number of hydrogen-bond acceptors (Lipinski definition) is 4. The van der Waals surface area contributed by atoms with Gasteiger partial charge in [0.1, 0.15) is 11.8 Å². The molecule has 0 saturated heterocycles. The molecular weight excluding hydrogens is 270 g/mol. The number of hydrogen-bond donors (Lipinski definition) is 1. The molecule has 0 atom stereocenters. The van der Waals surface area contributed by atoms with E-state index in [-0.39, 0.29) is 19.1 Å². The monoisotopic (exact) mass is 289 g/mol. The lowest BCUT2D eigenvalue weighted by Crippen LogP contribution is -2.41. The van der Waals surface area contributed by atoms with Crippen molar-refractivity contribution in [3.8, 4) is 11.8 Å². The van der Waals surface area contributed by atoms with Gasteiger partial charge < -0.3 is 15.4 Å². The summed E-state index contributed by atoms with van der Waals surface area (Å²) in [6.07, 6.45) is 1.69. The molecule has 0 saturated carbocycles. The maximum absolute atomic E-state index is 12.1. The summed E-state index contributed by atoms with van der Waals surface area (Å²) in [5, 5.41) is 8.94. The van der Waals surface area contributed by atoms with Gasteiger partial charge in [0, 0.05) is 6.54 Å². The van der Waals surface area contributed by atoms with Gasteiger partial charge in [-0.15, -0.1) is 0 Å². The highest BCUT2D eigenvalue weighted by molar-refractivity contribution is 5.84. The number of nitrogens with zero attached hydrogens (tertiary/aromatic N) is 2. The van der Waals surface area contributed by atoms with E-state index in [0.29, 0.717) is 17.9 Å². The van der Waals surface area contributed by atoms with E-state index < -0.39 is 5.91 Å². The highest BCUT2D eigenvalue weighted by Crippen LogP contribution is 2.16. The van der Waals surface area contributed by atoms with Crippen molar-refractivity contribution in [1.29, 1.82) is 5.26 Å². The van der Waals surface area contributed by atoms with Gasteiger partial charge in [0.2, 0.25) is 5.91 Å². The van der Waals surface area contributed by atoms with Crippen molar-refractivity contribution >= 4 is 11.8 Å². The van der Waals surface area contributed by atoms with Gasteiger partial charge in [-0.05, 0) is 18.6 Å². The van der Waals surface area contributed by atoms with Crippen LogP contribution in [0.3, 0.4) is 0 Å². The SMILES string of the molecule is CCCCN(CC(N)=O)C(=O)COc1ccccc1C#N. The fourth-order valence-corrected chi connectivity index (χ4v) is 1.74. The standard InChI is InChI=1S/C15H19N3O3/c1-2-3-8-18(10-14(17)19)15(20)11-21-13-7-5-4-6-12(13)9-16/h4-7H,2-3,8,10-11H2,1H3,(H2,17,19). The molecule has 21 heavy (non-hydrogen) atoms. The normalized spacial score (nSPS) is 9.71. The fraction of sp³-hybridized carbons (Fsp3) is 0.400. The smallest absolute Gasteiger partial charge is 0.260 e. The van der Waals surface area contributed by atoms with Crippen LogP contribution in [0.15, 0.2) is 24.3 Å². The average Bonchev–Trinajstić information content (AvgIpc) is 2.48. The summed E-state index contributed by atoms with van der Waals surface area (Å²) >= 11 is 0. The Hall–Kier alpha value is -2.55. The number of ether oxygens (including phenoxy) is 1. The summed E-state index contributed by atoms with van der Waals surface area (Å²) in [5.74, 6) is -0.533. The lowest BCUT2D eigenvalue weighted by Gasteiger charge is -2.21. The van der Waals surface area contributed by atoms with Gasteiger partial charge >= 0.3 is 0 Å². The van der Waals surface area contributed by atoms with Crippen LogP contribution in [0.2, 0.25) is 0 Å². The predicted molar refractivity (Wildman–Crippen MR) is 77.3 cm³/mol. The zero-order chi connectivity index (χ0) is 15.7. The third kappa shape index (κ3) is 5.53. The summed E-state index contributed by atoms with van der Waals surface area (Å²) in [7, 11) is 0. The number of carbonyl (C=O) groups excluding carboxylic acids is 2. The number of para-hydroxylation sites is 1. The second-order valence-electron chi connectivity index (χ2n) is 4.53. The predicted octanol–water partition coefficient (Wildman–Crippen LogP) is 1.05. The van der Waals surface area contributed by atoms with Crippen LogP contribution in [0.1, 0.15) is 25.3 Å². The minimum atomic E-state index is -0.558. The van der Waals surface area contributed by atoms with Gasteiger partial charge in [-0.2, -0.15) is 5.26 Å². The van der Waals surface area contributed by atoms with Crippen molar-refractivity contribution in [2.24, 2.45) is 5.73 Å². The first-order chi connectivity index (χ1) is 10.1. The van der Waals surface area contributed by atoms with Crippen molar-refractivity contribution < 1.29 is 14.3 Å². The van der Waals surface area contributed by atoms with Crippen molar-refractivity contribution in [1.82, 2.24) is 4.90 Å². The number of benzene rings is 1. The Bertz CT molecular complexity index is 537. The average molecular weight is 289 g/mol. The van der Waals surface area contributed by atoms with Crippen LogP contribution in [0, 0.1) is 11.3 Å². The first-order valence-electron chi connectivity index (χ1n) is 6.76. The number of nitrogens with two attached hydrogens (primary N) is 1. The molecule has 0 heterocycles. The summed E-state index contributed by atoms with van der Waals surface area (Å²) < 4.78 is 5.37. The molecule has 0 aliphatic carbocycles. The minimum absolute atomic E-state index is 0.123. The Morgan fingerprint density at radius 2 is 2.10 bits per heavy atom. The number of unbranched alkanes of at least 4 members (excludes halogenated alkanes) is 1. The second-order valence-corrected chi connectivity index (χ2v) is 4.53. The van der Waals surface area contributed by atoms with Crippen LogP contribution in [-0.4, -0.2) is 36.4 Å². The van der Waals surface area contributed by atoms with E-state index in [0.717, 1.165) is 12.8 Å². The molecule has 6 heteroatoms. The Balaban J connectivity index is 2.64.